The van der Waals surface area contributed by atoms with Crippen LogP contribution in [0, 0.1) is 17.5 Å². The minimum atomic E-state index is -1.69. The third-order valence-corrected chi connectivity index (χ3v) is 4.17. The van der Waals surface area contributed by atoms with Crippen molar-refractivity contribution < 1.29 is 36.8 Å². The van der Waals surface area contributed by atoms with Gasteiger partial charge >= 0.3 is 19.1 Å². The number of rotatable bonds is 5. The standard InChI is InChI=1S/C19H17BF3NO5/c1-24-10-16(25)28-20(29-17(26)11-24)14-6-7-15(19(23)18(14)22)27-9-8-12-2-4-13(21)5-3-12/h2-7H,8-11H2,1H3. The van der Waals surface area contributed by atoms with Gasteiger partial charge in [0.2, 0.25) is 0 Å². The smallest absolute Gasteiger partial charge is 0.494 e. The van der Waals surface area contributed by atoms with Crippen LogP contribution in [-0.4, -0.2) is 50.7 Å². The zero-order chi connectivity index (χ0) is 21.0. The van der Waals surface area contributed by atoms with Crippen LogP contribution >= 0.6 is 0 Å². The van der Waals surface area contributed by atoms with Gasteiger partial charge in [0.25, 0.3) is 0 Å². The Balaban J connectivity index is 1.70. The fraction of sp³-hybridized carbons (Fsp3) is 0.263. The maximum atomic E-state index is 14.5. The molecule has 0 bridgehead atoms. The highest BCUT2D eigenvalue weighted by Gasteiger charge is 2.37. The highest BCUT2D eigenvalue weighted by Crippen LogP contribution is 2.20. The maximum Gasteiger partial charge on any atom is 0.639 e. The Morgan fingerprint density at radius 2 is 1.59 bits per heavy atom. The van der Waals surface area contributed by atoms with E-state index in [2.05, 4.69) is 0 Å². The summed E-state index contributed by atoms with van der Waals surface area (Å²) in [5.74, 6) is -4.86. The Kier molecular flexibility index (Phi) is 6.43. The van der Waals surface area contributed by atoms with Gasteiger partial charge in [-0.25, -0.2) is 8.78 Å². The van der Waals surface area contributed by atoms with Gasteiger partial charge in [-0.3, -0.25) is 14.5 Å². The molecule has 3 rings (SSSR count). The van der Waals surface area contributed by atoms with E-state index in [9.17, 15) is 22.8 Å². The number of carbonyl (C=O) groups is 2. The fourth-order valence-electron chi connectivity index (χ4n) is 2.73. The molecule has 152 valence electrons. The van der Waals surface area contributed by atoms with E-state index in [-0.39, 0.29) is 31.3 Å². The van der Waals surface area contributed by atoms with Crippen molar-refractivity contribution in [3.05, 3.63) is 59.4 Å². The molecule has 1 aliphatic heterocycles. The van der Waals surface area contributed by atoms with Crippen LogP contribution in [0.4, 0.5) is 13.2 Å². The number of likely N-dealkylation sites (N-methyl/N-ethyl adjacent to an activating group) is 1. The molecule has 1 fully saturated rings. The van der Waals surface area contributed by atoms with Crippen LogP contribution in [0.25, 0.3) is 0 Å². The topological polar surface area (TPSA) is 65.1 Å². The molecule has 0 aromatic heterocycles. The van der Waals surface area contributed by atoms with Gasteiger partial charge in [-0.1, -0.05) is 18.2 Å². The summed E-state index contributed by atoms with van der Waals surface area (Å²) in [7, 11) is -0.173. The Labute approximate surface area is 165 Å². The molecule has 0 aliphatic carbocycles. The number of benzene rings is 2. The molecule has 0 N–H and O–H groups in total. The predicted molar refractivity (Wildman–Crippen MR) is 97.0 cm³/mol. The van der Waals surface area contributed by atoms with Gasteiger partial charge in [-0.2, -0.15) is 4.39 Å². The summed E-state index contributed by atoms with van der Waals surface area (Å²) >= 11 is 0. The molecule has 0 atom stereocenters. The first-order chi connectivity index (χ1) is 13.8. The zero-order valence-electron chi connectivity index (χ0n) is 15.5. The van der Waals surface area contributed by atoms with Crippen LogP contribution < -0.4 is 10.2 Å². The molecule has 1 heterocycles. The summed E-state index contributed by atoms with van der Waals surface area (Å²) in [4.78, 5) is 24.9. The molecule has 0 spiro atoms. The maximum absolute atomic E-state index is 14.5. The third-order valence-electron chi connectivity index (χ3n) is 4.17. The van der Waals surface area contributed by atoms with Crippen molar-refractivity contribution >= 4 is 24.5 Å². The van der Waals surface area contributed by atoms with Gasteiger partial charge in [0, 0.05) is 6.42 Å². The van der Waals surface area contributed by atoms with E-state index < -0.39 is 36.2 Å². The van der Waals surface area contributed by atoms with Gasteiger partial charge in [0.15, 0.2) is 17.4 Å². The lowest BCUT2D eigenvalue weighted by Crippen LogP contribution is -2.49. The lowest BCUT2D eigenvalue weighted by atomic mass is 9.78. The second-order valence-electron chi connectivity index (χ2n) is 6.49. The number of hydrogen-bond acceptors (Lipinski definition) is 6. The Bertz CT molecular complexity index is 889. The van der Waals surface area contributed by atoms with Crippen LogP contribution in [0.5, 0.6) is 5.75 Å². The van der Waals surface area contributed by atoms with E-state index >= 15 is 0 Å². The predicted octanol–water partition coefficient (Wildman–Crippen LogP) is 1.45. The molecule has 10 heteroatoms. The Hall–Kier alpha value is -3.01. The summed E-state index contributed by atoms with van der Waals surface area (Å²) in [6.45, 7) is -0.359. The van der Waals surface area contributed by atoms with Crippen LogP contribution in [0.15, 0.2) is 36.4 Å². The van der Waals surface area contributed by atoms with Crippen LogP contribution in [0.2, 0.25) is 0 Å². The Morgan fingerprint density at radius 3 is 2.21 bits per heavy atom. The molecule has 2 aromatic rings. The number of carbonyl (C=O) groups excluding carboxylic acids is 2. The van der Waals surface area contributed by atoms with Crippen molar-refractivity contribution in [1.29, 1.82) is 0 Å². The normalized spacial score (nSPS) is 15.4. The average molecular weight is 407 g/mol. The zero-order valence-corrected chi connectivity index (χ0v) is 15.5. The van der Waals surface area contributed by atoms with Crippen LogP contribution in [0.1, 0.15) is 5.56 Å². The first-order valence-electron chi connectivity index (χ1n) is 8.76. The summed E-state index contributed by atoms with van der Waals surface area (Å²) in [5.41, 5.74) is 0.335. The largest absolute Gasteiger partial charge is 0.639 e. The van der Waals surface area contributed by atoms with Crippen molar-refractivity contribution in [2.75, 3.05) is 26.7 Å². The van der Waals surface area contributed by atoms with E-state index in [1.54, 1.807) is 12.1 Å². The van der Waals surface area contributed by atoms with E-state index in [0.29, 0.717) is 6.42 Å². The van der Waals surface area contributed by atoms with Gasteiger partial charge in [0.05, 0.1) is 25.2 Å². The molecular formula is C19H17BF3NO5. The van der Waals surface area contributed by atoms with Gasteiger partial charge in [-0.15, -0.1) is 0 Å². The second-order valence-corrected chi connectivity index (χ2v) is 6.49. The van der Waals surface area contributed by atoms with Gasteiger partial charge in [-0.05, 0) is 30.8 Å². The fourth-order valence-corrected chi connectivity index (χ4v) is 2.73. The first-order valence-corrected chi connectivity index (χ1v) is 8.76. The van der Waals surface area contributed by atoms with Crippen molar-refractivity contribution in [1.82, 2.24) is 4.90 Å². The molecule has 6 nitrogen and oxygen atoms in total. The highest BCUT2D eigenvalue weighted by molar-refractivity contribution is 6.64. The summed E-state index contributed by atoms with van der Waals surface area (Å²) in [5, 5.41) is 0. The quantitative estimate of drug-likeness (QED) is 0.700. The van der Waals surface area contributed by atoms with Gasteiger partial charge in [0.1, 0.15) is 5.82 Å². The molecule has 1 aliphatic rings. The highest BCUT2D eigenvalue weighted by atomic mass is 19.2. The number of nitrogens with zero attached hydrogens (tertiary/aromatic N) is 1. The molecule has 2 aromatic carbocycles. The lowest BCUT2D eigenvalue weighted by Gasteiger charge is -2.23. The molecular weight excluding hydrogens is 390 g/mol. The number of halogens is 3. The molecule has 0 radical (unpaired) electrons. The van der Waals surface area contributed by atoms with Crippen molar-refractivity contribution in [3.63, 3.8) is 0 Å². The van der Waals surface area contributed by atoms with Crippen molar-refractivity contribution in [3.8, 4) is 5.75 Å². The summed E-state index contributed by atoms with van der Waals surface area (Å²) < 4.78 is 56.9. The minimum absolute atomic E-state index is 0.0288. The Morgan fingerprint density at radius 1 is 0.966 bits per heavy atom. The number of hydrogen-bond donors (Lipinski definition) is 0. The summed E-state index contributed by atoms with van der Waals surface area (Å²) in [6, 6.07) is 7.99. The average Bonchev–Trinajstić information content (AvgIpc) is 2.65. The van der Waals surface area contributed by atoms with Gasteiger partial charge < -0.3 is 14.0 Å². The SMILES string of the molecule is CN1CC(=O)OB(c2ccc(OCCc3ccc(F)cc3)c(F)c2F)OC(=O)C1. The molecule has 0 unspecified atom stereocenters. The van der Waals surface area contributed by atoms with E-state index in [4.69, 9.17) is 14.0 Å². The molecule has 0 saturated carbocycles. The summed E-state index contributed by atoms with van der Waals surface area (Å²) in [6.07, 6.45) is 0.356. The monoisotopic (exact) mass is 407 g/mol. The molecule has 29 heavy (non-hydrogen) atoms. The van der Waals surface area contributed by atoms with Crippen LogP contribution in [0.3, 0.4) is 0 Å². The van der Waals surface area contributed by atoms with E-state index in [1.165, 1.54) is 24.1 Å². The van der Waals surface area contributed by atoms with Crippen LogP contribution in [-0.2, 0) is 25.3 Å². The lowest BCUT2D eigenvalue weighted by molar-refractivity contribution is -0.145. The second kappa shape index (κ2) is 9.00. The third kappa shape index (κ3) is 5.29. The van der Waals surface area contributed by atoms with E-state index in [0.717, 1.165) is 17.7 Å². The van der Waals surface area contributed by atoms with Crippen molar-refractivity contribution in [2.45, 2.75) is 6.42 Å². The van der Waals surface area contributed by atoms with Crippen molar-refractivity contribution in [2.24, 2.45) is 0 Å². The minimum Gasteiger partial charge on any atom is -0.494 e. The molecule has 0 amide bonds. The van der Waals surface area contributed by atoms with E-state index in [1.807, 2.05) is 0 Å². The molecule has 1 saturated heterocycles. The number of ether oxygens (including phenoxy) is 1. The first kappa shape index (κ1) is 20.7.